The maximum Gasteiger partial charge on any atom is 0.328 e. The lowest BCUT2D eigenvalue weighted by molar-refractivity contribution is -0.147. The molecule has 33 heavy (non-hydrogen) atoms. The van der Waals surface area contributed by atoms with Crippen molar-refractivity contribution in [3.05, 3.63) is 59.8 Å². The number of esters is 1. The number of hydrogen-bond donors (Lipinski definition) is 3. The van der Waals surface area contributed by atoms with Crippen LogP contribution in [0.2, 0.25) is 0 Å². The van der Waals surface area contributed by atoms with E-state index in [0.29, 0.717) is 12.0 Å². The summed E-state index contributed by atoms with van der Waals surface area (Å²) in [6.07, 6.45) is 3.59. The van der Waals surface area contributed by atoms with E-state index >= 15 is 0 Å². The summed E-state index contributed by atoms with van der Waals surface area (Å²) < 4.78 is 29.9. The Hall–Kier alpha value is -3.27. The summed E-state index contributed by atoms with van der Waals surface area (Å²) in [4.78, 5) is 28.5. The van der Waals surface area contributed by atoms with E-state index in [1.54, 1.807) is 31.2 Å². The van der Waals surface area contributed by atoms with Crippen LogP contribution in [-0.2, 0) is 30.6 Å². The van der Waals surface area contributed by atoms with Crippen molar-refractivity contribution in [1.82, 2.24) is 10.3 Å². The van der Waals surface area contributed by atoms with Crippen LogP contribution < -0.4 is 11.1 Å². The van der Waals surface area contributed by atoms with E-state index in [-0.39, 0.29) is 42.0 Å². The Kier molecular flexibility index (Phi) is 9.99. The molecule has 0 saturated carbocycles. The van der Waals surface area contributed by atoms with E-state index in [4.69, 9.17) is 15.9 Å². The number of rotatable bonds is 13. The second kappa shape index (κ2) is 12.7. The minimum atomic E-state index is -3.69. The second-order valence-corrected chi connectivity index (χ2v) is 9.52. The van der Waals surface area contributed by atoms with E-state index in [9.17, 15) is 18.0 Å². The Balaban J connectivity index is 1.85. The maximum atomic E-state index is 12.5. The highest BCUT2D eigenvalue weighted by Gasteiger charge is 2.26. The van der Waals surface area contributed by atoms with Gasteiger partial charge in [0.1, 0.15) is 11.9 Å². The first-order valence-corrected chi connectivity index (χ1v) is 12.4. The van der Waals surface area contributed by atoms with Crippen molar-refractivity contribution < 1.29 is 22.7 Å². The number of aryl methyl sites for hydroxylation is 1. The van der Waals surface area contributed by atoms with Crippen molar-refractivity contribution in [3.63, 3.8) is 0 Å². The van der Waals surface area contributed by atoms with Crippen molar-refractivity contribution in [3.8, 4) is 0 Å². The van der Waals surface area contributed by atoms with Crippen molar-refractivity contribution in [2.45, 2.75) is 50.1 Å². The number of nitrogens with zero attached hydrogens (tertiary/aromatic N) is 1. The number of pyridine rings is 1. The molecule has 0 radical (unpaired) electrons. The quantitative estimate of drug-likeness (QED) is 0.174. The average Bonchev–Trinajstić information content (AvgIpc) is 2.80. The van der Waals surface area contributed by atoms with E-state index < -0.39 is 21.8 Å². The van der Waals surface area contributed by atoms with Crippen LogP contribution in [0, 0.1) is 5.41 Å². The summed E-state index contributed by atoms with van der Waals surface area (Å²) in [5.41, 5.74) is 7.18. The Morgan fingerprint density at radius 3 is 2.48 bits per heavy atom. The first-order chi connectivity index (χ1) is 15.7. The largest absolute Gasteiger partial charge is 0.464 e. The van der Waals surface area contributed by atoms with E-state index in [1.165, 1.54) is 12.3 Å². The number of nitrogens with one attached hydrogen (secondary N) is 2. The van der Waals surface area contributed by atoms with Crippen LogP contribution in [0.15, 0.2) is 53.7 Å². The van der Waals surface area contributed by atoms with Crippen LogP contribution in [0.25, 0.3) is 0 Å². The van der Waals surface area contributed by atoms with E-state index in [2.05, 4.69) is 10.3 Å². The minimum absolute atomic E-state index is 0.0159. The smallest absolute Gasteiger partial charge is 0.328 e. The lowest BCUT2D eigenvalue weighted by Gasteiger charge is -2.17. The third kappa shape index (κ3) is 8.64. The fourth-order valence-electron chi connectivity index (χ4n) is 3.13. The van der Waals surface area contributed by atoms with Gasteiger partial charge in [-0.3, -0.25) is 10.2 Å². The predicted octanol–water partition coefficient (Wildman–Crippen LogP) is 1.99. The molecule has 1 unspecified atom stereocenters. The number of nitrogens with two attached hydrogens (primary N) is 1. The third-order valence-electron chi connectivity index (χ3n) is 4.92. The fourth-order valence-corrected chi connectivity index (χ4v) is 4.40. The van der Waals surface area contributed by atoms with Gasteiger partial charge in [-0.15, -0.1) is 0 Å². The van der Waals surface area contributed by atoms with Crippen molar-refractivity contribution in [2.75, 3.05) is 12.4 Å². The summed E-state index contributed by atoms with van der Waals surface area (Å²) >= 11 is 0. The SMILES string of the molecule is CCOC(=O)C(CCS(=O)(=O)c1ccccn1)NC(=O)CCCCc1ccc(C(=N)N)cc1. The molecule has 178 valence electrons. The molecule has 0 saturated heterocycles. The molecule has 0 spiro atoms. The first-order valence-electron chi connectivity index (χ1n) is 10.8. The number of aromatic nitrogens is 1. The van der Waals surface area contributed by atoms with Crippen LogP contribution in [0.4, 0.5) is 0 Å². The van der Waals surface area contributed by atoms with E-state index in [1.807, 2.05) is 12.1 Å². The van der Waals surface area contributed by atoms with Crippen LogP contribution in [-0.4, -0.2) is 49.5 Å². The Morgan fingerprint density at radius 2 is 1.88 bits per heavy atom. The lowest BCUT2D eigenvalue weighted by Crippen LogP contribution is -2.43. The zero-order chi connectivity index (χ0) is 24.3. The highest BCUT2D eigenvalue weighted by molar-refractivity contribution is 7.91. The minimum Gasteiger partial charge on any atom is -0.464 e. The standard InChI is InChI=1S/C23H30N4O5S/c1-2-32-23(29)19(14-16-33(30,31)21-9-5-6-15-26-21)27-20(28)8-4-3-7-17-10-12-18(13-11-17)22(24)25/h5-6,9-13,15,19H,2-4,7-8,14,16H2,1H3,(H3,24,25)(H,27,28). The number of sulfone groups is 1. The van der Waals surface area contributed by atoms with Gasteiger partial charge in [-0.1, -0.05) is 30.3 Å². The number of ether oxygens (including phenoxy) is 1. The molecule has 1 aromatic carbocycles. The van der Waals surface area contributed by atoms with Gasteiger partial charge in [0.15, 0.2) is 14.9 Å². The molecule has 1 amide bonds. The van der Waals surface area contributed by atoms with Gasteiger partial charge in [0.25, 0.3) is 0 Å². The van der Waals surface area contributed by atoms with Crippen molar-refractivity contribution in [2.24, 2.45) is 5.73 Å². The lowest BCUT2D eigenvalue weighted by atomic mass is 10.0. The van der Waals surface area contributed by atoms with E-state index in [0.717, 1.165) is 18.4 Å². The van der Waals surface area contributed by atoms with Crippen molar-refractivity contribution >= 4 is 27.5 Å². The molecule has 1 heterocycles. The molecular formula is C23H30N4O5S. The molecule has 0 bridgehead atoms. The molecule has 2 aromatic rings. The third-order valence-corrected chi connectivity index (χ3v) is 6.57. The topological polar surface area (TPSA) is 152 Å². The second-order valence-electron chi connectivity index (χ2n) is 7.47. The monoisotopic (exact) mass is 474 g/mol. The van der Waals surface area contributed by atoms with Crippen LogP contribution >= 0.6 is 0 Å². The summed E-state index contributed by atoms with van der Waals surface area (Å²) in [5, 5.41) is 9.94. The van der Waals surface area contributed by atoms with Gasteiger partial charge in [0, 0.05) is 18.2 Å². The summed E-state index contributed by atoms with van der Waals surface area (Å²) in [5.74, 6) is -1.32. The molecule has 0 fully saturated rings. The number of amides is 1. The van der Waals surface area contributed by atoms with Gasteiger partial charge < -0.3 is 15.8 Å². The van der Waals surface area contributed by atoms with Gasteiger partial charge in [-0.2, -0.15) is 0 Å². The molecule has 0 aliphatic carbocycles. The Morgan fingerprint density at radius 1 is 1.15 bits per heavy atom. The maximum absolute atomic E-state index is 12.5. The average molecular weight is 475 g/mol. The number of benzene rings is 1. The molecular weight excluding hydrogens is 444 g/mol. The molecule has 2 rings (SSSR count). The van der Waals surface area contributed by atoms with Gasteiger partial charge in [0.05, 0.1) is 12.4 Å². The number of unbranched alkanes of at least 4 members (excludes halogenated alkanes) is 1. The van der Waals surface area contributed by atoms with Crippen LogP contribution in [0.5, 0.6) is 0 Å². The number of hydrogen-bond acceptors (Lipinski definition) is 7. The normalized spacial score (nSPS) is 12.0. The molecule has 1 atom stereocenters. The summed E-state index contributed by atoms with van der Waals surface area (Å²) in [7, 11) is -3.69. The molecule has 10 heteroatoms. The first kappa shape index (κ1) is 26.0. The van der Waals surface area contributed by atoms with Crippen molar-refractivity contribution in [1.29, 1.82) is 5.41 Å². The van der Waals surface area contributed by atoms with Gasteiger partial charge in [-0.25, -0.2) is 18.2 Å². The van der Waals surface area contributed by atoms with Gasteiger partial charge in [0.2, 0.25) is 5.91 Å². The van der Waals surface area contributed by atoms with Crippen LogP contribution in [0.1, 0.15) is 43.7 Å². The van der Waals surface area contributed by atoms with Gasteiger partial charge in [-0.05, 0) is 50.3 Å². The number of amidine groups is 1. The number of nitrogen functional groups attached to an aromatic ring is 1. The fraction of sp³-hybridized carbons (Fsp3) is 0.391. The molecule has 0 aliphatic rings. The summed E-state index contributed by atoms with van der Waals surface area (Å²) in [6, 6.07) is 10.9. The Labute approximate surface area is 194 Å². The zero-order valence-corrected chi connectivity index (χ0v) is 19.4. The molecule has 9 nitrogen and oxygen atoms in total. The summed E-state index contributed by atoms with van der Waals surface area (Å²) in [6.45, 7) is 1.77. The van der Waals surface area contributed by atoms with Gasteiger partial charge >= 0.3 is 5.97 Å². The zero-order valence-electron chi connectivity index (χ0n) is 18.6. The highest BCUT2D eigenvalue weighted by atomic mass is 32.2. The predicted molar refractivity (Wildman–Crippen MR) is 124 cm³/mol. The Bertz CT molecular complexity index is 1040. The molecule has 0 aliphatic heterocycles. The highest BCUT2D eigenvalue weighted by Crippen LogP contribution is 2.12. The number of carbonyl (C=O) groups is 2. The van der Waals surface area contributed by atoms with Crippen LogP contribution in [0.3, 0.4) is 0 Å². The number of carbonyl (C=O) groups excluding carboxylic acids is 2. The molecule has 1 aromatic heterocycles. The molecule has 4 N–H and O–H groups in total.